The van der Waals surface area contributed by atoms with E-state index in [2.05, 4.69) is 25.1 Å². The fraction of sp³-hybridized carbons (Fsp3) is 0.357. The molecule has 6 nitrogen and oxygen atoms in total. The number of carbonyl (C=O) groups is 3. The molecule has 0 bridgehead atoms. The van der Waals surface area contributed by atoms with E-state index < -0.39 is 5.97 Å². The lowest BCUT2D eigenvalue weighted by Gasteiger charge is -2.21. The number of amides is 2. The predicted molar refractivity (Wildman–Crippen MR) is 75.8 cm³/mol. The van der Waals surface area contributed by atoms with E-state index in [9.17, 15) is 14.4 Å². The van der Waals surface area contributed by atoms with Crippen LogP contribution in [0, 0.1) is 0 Å². The minimum Gasteiger partial charge on any atom is -0.460 e. The number of ether oxygens (including phenoxy) is 1. The molecule has 0 aromatic rings. The van der Waals surface area contributed by atoms with E-state index in [4.69, 9.17) is 4.74 Å². The van der Waals surface area contributed by atoms with Crippen molar-refractivity contribution in [2.45, 2.75) is 6.92 Å². The van der Waals surface area contributed by atoms with Crippen LogP contribution in [0.4, 0.5) is 0 Å². The second-order valence-electron chi connectivity index (χ2n) is 3.94. The summed E-state index contributed by atoms with van der Waals surface area (Å²) in [6.07, 6.45) is 2.31. The molecular weight excluding hydrogens is 260 g/mol. The van der Waals surface area contributed by atoms with Crippen molar-refractivity contribution in [3.63, 3.8) is 0 Å². The minimum atomic E-state index is -0.504. The van der Waals surface area contributed by atoms with Crippen molar-refractivity contribution >= 4 is 17.8 Å². The van der Waals surface area contributed by atoms with Crippen molar-refractivity contribution in [3.8, 4) is 0 Å². The van der Waals surface area contributed by atoms with Gasteiger partial charge in [0.1, 0.15) is 6.61 Å². The first-order chi connectivity index (χ1) is 9.42. The van der Waals surface area contributed by atoms with E-state index in [1.807, 2.05) is 0 Å². The van der Waals surface area contributed by atoms with Gasteiger partial charge in [-0.15, -0.1) is 0 Å². The van der Waals surface area contributed by atoms with Gasteiger partial charge in [-0.25, -0.2) is 4.79 Å². The summed E-state index contributed by atoms with van der Waals surface area (Å²) >= 11 is 0. The summed E-state index contributed by atoms with van der Waals surface area (Å²) in [5.74, 6) is -1.12. The molecule has 0 rings (SSSR count). The molecule has 0 aliphatic carbocycles. The van der Waals surface area contributed by atoms with Crippen LogP contribution in [-0.4, -0.2) is 48.9 Å². The van der Waals surface area contributed by atoms with Gasteiger partial charge < -0.3 is 15.0 Å². The standard InChI is InChI=1S/C14H20N2O4/c1-5-12(17)15-7-8-16(13(18)6-2)9-10-20-14(19)11(3)4/h5-6H,1-3,7-10H2,4H3,(H,15,17). The highest BCUT2D eigenvalue weighted by molar-refractivity contribution is 5.88. The second-order valence-corrected chi connectivity index (χ2v) is 3.94. The third-order valence-electron chi connectivity index (χ3n) is 2.30. The molecule has 0 aliphatic rings. The Labute approximate surface area is 118 Å². The first-order valence-electron chi connectivity index (χ1n) is 6.06. The number of nitrogens with one attached hydrogen (secondary N) is 1. The van der Waals surface area contributed by atoms with Crippen LogP contribution in [0.5, 0.6) is 0 Å². The van der Waals surface area contributed by atoms with Gasteiger partial charge in [-0.05, 0) is 19.1 Å². The Balaban J connectivity index is 4.22. The van der Waals surface area contributed by atoms with E-state index in [0.29, 0.717) is 5.57 Å². The maximum Gasteiger partial charge on any atom is 0.333 e. The summed E-state index contributed by atoms with van der Waals surface area (Å²) in [5, 5.41) is 2.55. The summed E-state index contributed by atoms with van der Waals surface area (Å²) in [5.41, 5.74) is 0.296. The molecule has 2 amide bonds. The van der Waals surface area contributed by atoms with Gasteiger partial charge in [-0.2, -0.15) is 0 Å². The van der Waals surface area contributed by atoms with Gasteiger partial charge in [0.2, 0.25) is 11.8 Å². The lowest BCUT2D eigenvalue weighted by Crippen LogP contribution is -2.39. The third kappa shape index (κ3) is 7.15. The number of hydrogen-bond donors (Lipinski definition) is 1. The Morgan fingerprint density at radius 1 is 1.20 bits per heavy atom. The monoisotopic (exact) mass is 280 g/mol. The van der Waals surface area contributed by atoms with Crippen LogP contribution in [0.25, 0.3) is 0 Å². The minimum absolute atomic E-state index is 0.0562. The summed E-state index contributed by atoms with van der Waals surface area (Å²) < 4.78 is 4.91. The average molecular weight is 280 g/mol. The first kappa shape index (κ1) is 17.6. The van der Waals surface area contributed by atoms with Crippen molar-refractivity contribution in [2.75, 3.05) is 26.2 Å². The molecule has 0 atom stereocenters. The Morgan fingerprint density at radius 2 is 1.85 bits per heavy atom. The van der Waals surface area contributed by atoms with Crippen molar-refractivity contribution in [3.05, 3.63) is 37.5 Å². The van der Waals surface area contributed by atoms with E-state index in [0.717, 1.165) is 12.2 Å². The quantitative estimate of drug-likeness (QED) is 0.490. The van der Waals surface area contributed by atoms with Crippen LogP contribution >= 0.6 is 0 Å². The lowest BCUT2D eigenvalue weighted by atomic mass is 10.3. The second kappa shape index (κ2) is 9.55. The molecule has 0 unspecified atom stereocenters. The summed E-state index contributed by atoms with van der Waals surface area (Å²) in [6, 6.07) is 0. The molecule has 0 heterocycles. The Kier molecular flexibility index (Phi) is 8.41. The molecular formula is C14H20N2O4. The van der Waals surface area contributed by atoms with E-state index >= 15 is 0 Å². The molecule has 0 saturated heterocycles. The van der Waals surface area contributed by atoms with Crippen molar-refractivity contribution in [1.82, 2.24) is 10.2 Å². The van der Waals surface area contributed by atoms with Crippen LogP contribution in [0.15, 0.2) is 37.5 Å². The van der Waals surface area contributed by atoms with Gasteiger partial charge in [-0.1, -0.05) is 19.7 Å². The summed E-state index contributed by atoms with van der Waals surface area (Å²) in [7, 11) is 0. The fourth-order valence-corrected chi connectivity index (χ4v) is 1.22. The zero-order chi connectivity index (χ0) is 15.5. The van der Waals surface area contributed by atoms with Crippen molar-refractivity contribution in [2.24, 2.45) is 0 Å². The molecule has 0 fully saturated rings. The van der Waals surface area contributed by atoms with Gasteiger partial charge in [0, 0.05) is 18.7 Å². The molecule has 1 N–H and O–H groups in total. The van der Waals surface area contributed by atoms with Crippen molar-refractivity contribution < 1.29 is 19.1 Å². The molecule has 0 saturated carbocycles. The average Bonchev–Trinajstić information content (AvgIpc) is 2.43. The largest absolute Gasteiger partial charge is 0.460 e. The Morgan fingerprint density at radius 3 is 2.35 bits per heavy atom. The zero-order valence-corrected chi connectivity index (χ0v) is 11.7. The first-order valence-corrected chi connectivity index (χ1v) is 6.06. The van der Waals surface area contributed by atoms with Crippen LogP contribution in [0.3, 0.4) is 0 Å². The highest BCUT2D eigenvalue weighted by Crippen LogP contribution is 1.95. The van der Waals surface area contributed by atoms with Gasteiger partial charge in [-0.3, -0.25) is 9.59 Å². The molecule has 110 valence electrons. The van der Waals surface area contributed by atoms with Crippen LogP contribution in [0.1, 0.15) is 6.92 Å². The lowest BCUT2D eigenvalue weighted by molar-refractivity contribution is -0.141. The Bertz CT molecular complexity index is 415. The number of esters is 1. The van der Waals surface area contributed by atoms with E-state index in [1.54, 1.807) is 6.92 Å². The van der Waals surface area contributed by atoms with Gasteiger partial charge in [0.25, 0.3) is 0 Å². The topological polar surface area (TPSA) is 75.7 Å². The van der Waals surface area contributed by atoms with Crippen LogP contribution in [0.2, 0.25) is 0 Å². The molecule has 0 radical (unpaired) electrons. The smallest absolute Gasteiger partial charge is 0.333 e. The molecule has 0 spiro atoms. The normalized spacial score (nSPS) is 9.25. The highest BCUT2D eigenvalue weighted by Gasteiger charge is 2.11. The highest BCUT2D eigenvalue weighted by atomic mass is 16.5. The van der Waals surface area contributed by atoms with Crippen LogP contribution < -0.4 is 5.32 Å². The number of hydrogen-bond acceptors (Lipinski definition) is 4. The van der Waals surface area contributed by atoms with Gasteiger partial charge >= 0.3 is 5.97 Å². The summed E-state index contributed by atoms with van der Waals surface area (Å²) in [6.45, 7) is 12.5. The number of carbonyl (C=O) groups excluding carboxylic acids is 3. The SMILES string of the molecule is C=CC(=O)NCCN(CCOC(=O)C(=C)C)C(=O)C=C. The third-order valence-corrected chi connectivity index (χ3v) is 2.30. The maximum absolute atomic E-state index is 11.6. The van der Waals surface area contributed by atoms with Crippen LogP contribution in [-0.2, 0) is 19.1 Å². The number of rotatable bonds is 9. The van der Waals surface area contributed by atoms with E-state index in [1.165, 1.54) is 4.90 Å². The molecule has 0 aliphatic heterocycles. The zero-order valence-electron chi connectivity index (χ0n) is 11.7. The molecule has 6 heteroatoms. The van der Waals surface area contributed by atoms with Crippen molar-refractivity contribution in [1.29, 1.82) is 0 Å². The van der Waals surface area contributed by atoms with Gasteiger partial charge in [0.05, 0.1) is 6.54 Å². The van der Waals surface area contributed by atoms with Gasteiger partial charge in [0.15, 0.2) is 0 Å². The Hall–Kier alpha value is -2.37. The molecule has 20 heavy (non-hydrogen) atoms. The predicted octanol–water partition coefficient (Wildman–Crippen LogP) is 0.422. The maximum atomic E-state index is 11.6. The molecule has 0 aromatic carbocycles. The summed E-state index contributed by atoms with van der Waals surface area (Å²) in [4.78, 5) is 35.2. The number of nitrogens with zero attached hydrogens (tertiary/aromatic N) is 1. The fourth-order valence-electron chi connectivity index (χ4n) is 1.22. The van der Waals surface area contributed by atoms with E-state index in [-0.39, 0.29) is 38.1 Å². The molecule has 0 aromatic heterocycles.